The number of ketones is 1. The van der Waals surface area contributed by atoms with E-state index in [2.05, 4.69) is 0 Å². The van der Waals surface area contributed by atoms with Crippen molar-refractivity contribution in [1.82, 2.24) is 9.47 Å². The number of hydrogen-bond acceptors (Lipinski definition) is 4. The van der Waals surface area contributed by atoms with Crippen molar-refractivity contribution < 1.29 is 23.1 Å². The minimum absolute atomic E-state index is 0.0437. The molecule has 0 aliphatic carbocycles. The van der Waals surface area contributed by atoms with Crippen LogP contribution in [-0.4, -0.2) is 40.0 Å². The van der Waals surface area contributed by atoms with Crippen LogP contribution in [0.15, 0.2) is 35.3 Å². The third kappa shape index (κ3) is 3.13. The molecule has 28 heavy (non-hydrogen) atoms. The quantitative estimate of drug-likeness (QED) is 0.753. The molecule has 2 aliphatic rings. The van der Waals surface area contributed by atoms with Gasteiger partial charge in [0.25, 0.3) is 5.91 Å². The molecule has 6 nitrogen and oxygen atoms in total. The summed E-state index contributed by atoms with van der Waals surface area (Å²) in [6, 6.07) is 4.26. The Morgan fingerprint density at radius 1 is 1.25 bits per heavy atom. The van der Waals surface area contributed by atoms with Crippen LogP contribution in [0.5, 0.6) is 0 Å². The number of Topliss-reactive ketones (excluding diaryl/α,β-unsaturated/α-hetero) is 1. The lowest BCUT2D eigenvalue weighted by atomic mass is 10.0. The van der Waals surface area contributed by atoms with Crippen LogP contribution in [0.2, 0.25) is 0 Å². The van der Waals surface area contributed by atoms with Crippen LogP contribution in [0.4, 0.5) is 8.78 Å². The summed E-state index contributed by atoms with van der Waals surface area (Å²) >= 11 is 0. The lowest BCUT2D eigenvalue weighted by Gasteiger charge is -2.33. The third-order valence-corrected chi connectivity index (χ3v) is 5.19. The first kappa shape index (κ1) is 18.5. The normalized spacial score (nSPS) is 20.8. The smallest absolute Gasteiger partial charge is 0.273 e. The van der Waals surface area contributed by atoms with Gasteiger partial charge in [-0.2, -0.15) is 0 Å². The Morgan fingerprint density at radius 2 is 2.04 bits per heavy atom. The van der Waals surface area contributed by atoms with E-state index < -0.39 is 29.1 Å². The van der Waals surface area contributed by atoms with Crippen molar-refractivity contribution in [3.05, 3.63) is 69.1 Å². The van der Waals surface area contributed by atoms with E-state index in [1.165, 1.54) is 18.3 Å². The molecule has 2 aromatic rings. The van der Waals surface area contributed by atoms with E-state index >= 15 is 0 Å². The summed E-state index contributed by atoms with van der Waals surface area (Å²) in [4.78, 5) is 39.2. The number of amides is 1. The van der Waals surface area contributed by atoms with Gasteiger partial charge in [-0.05, 0) is 25.0 Å². The van der Waals surface area contributed by atoms with Gasteiger partial charge in [-0.15, -0.1) is 0 Å². The lowest BCUT2D eigenvalue weighted by molar-refractivity contribution is 0.00674. The minimum atomic E-state index is -0.729. The zero-order chi connectivity index (χ0) is 20.0. The van der Waals surface area contributed by atoms with Crippen molar-refractivity contribution in [3.63, 3.8) is 0 Å². The van der Waals surface area contributed by atoms with Crippen LogP contribution >= 0.6 is 0 Å². The zero-order valence-electron chi connectivity index (χ0n) is 15.2. The van der Waals surface area contributed by atoms with Crippen LogP contribution in [0, 0.1) is 11.6 Å². The standard InChI is InChI=1S/C20H18F2N2O4/c1-11-10-28-19-9-23-8-14(18(26)7-16(23)20(27)24(11)19)17(25)5-3-12-2-4-13(21)6-15(12)22/h2,4,6-8,11,19H,3,5,9-10H2,1H3/t11-,19+/m0/s1. The van der Waals surface area contributed by atoms with Gasteiger partial charge < -0.3 is 14.2 Å². The van der Waals surface area contributed by atoms with E-state index in [9.17, 15) is 23.2 Å². The number of nitrogens with zero attached hydrogens (tertiary/aromatic N) is 2. The molecule has 0 N–H and O–H groups in total. The predicted octanol–water partition coefficient (Wildman–Crippen LogP) is 2.14. The van der Waals surface area contributed by atoms with Gasteiger partial charge in [-0.1, -0.05) is 6.07 Å². The molecule has 0 radical (unpaired) electrons. The Morgan fingerprint density at radius 3 is 2.79 bits per heavy atom. The van der Waals surface area contributed by atoms with Gasteiger partial charge >= 0.3 is 0 Å². The average Bonchev–Trinajstić information content (AvgIpc) is 3.02. The topological polar surface area (TPSA) is 68.6 Å². The number of halogens is 2. The second-order valence-corrected chi connectivity index (χ2v) is 7.10. The molecule has 0 unspecified atom stereocenters. The number of carbonyl (C=O) groups is 2. The molecule has 2 aliphatic heterocycles. The fourth-order valence-corrected chi connectivity index (χ4v) is 3.69. The molecule has 3 heterocycles. The van der Waals surface area contributed by atoms with Gasteiger partial charge in [-0.3, -0.25) is 14.4 Å². The maximum atomic E-state index is 13.7. The first-order valence-corrected chi connectivity index (χ1v) is 9.01. The number of hydrogen-bond donors (Lipinski definition) is 0. The Bertz CT molecular complexity index is 1030. The molecule has 1 saturated heterocycles. The summed E-state index contributed by atoms with van der Waals surface area (Å²) in [6.07, 6.45) is 0.896. The second kappa shape index (κ2) is 6.94. The molecule has 4 rings (SSSR count). The Kier molecular flexibility index (Phi) is 4.58. The number of benzene rings is 1. The van der Waals surface area contributed by atoms with E-state index in [0.29, 0.717) is 13.2 Å². The summed E-state index contributed by atoms with van der Waals surface area (Å²) in [7, 11) is 0. The number of aryl methyl sites for hydroxylation is 1. The van der Waals surface area contributed by atoms with Gasteiger partial charge in [0.05, 0.1) is 24.8 Å². The summed E-state index contributed by atoms with van der Waals surface area (Å²) in [5.41, 5.74) is -0.180. The Hall–Kier alpha value is -2.87. The van der Waals surface area contributed by atoms with Crippen molar-refractivity contribution in [1.29, 1.82) is 0 Å². The molecule has 1 fully saturated rings. The van der Waals surface area contributed by atoms with E-state index in [1.54, 1.807) is 9.47 Å². The van der Waals surface area contributed by atoms with Crippen LogP contribution in [0.1, 0.15) is 39.8 Å². The van der Waals surface area contributed by atoms with Crippen molar-refractivity contribution >= 4 is 11.7 Å². The molecular weight excluding hydrogens is 370 g/mol. The molecule has 2 atom stereocenters. The molecular formula is C20H18F2N2O4. The van der Waals surface area contributed by atoms with Crippen LogP contribution in [0.25, 0.3) is 0 Å². The highest BCUT2D eigenvalue weighted by Gasteiger charge is 2.40. The minimum Gasteiger partial charge on any atom is -0.354 e. The molecule has 1 aromatic carbocycles. The van der Waals surface area contributed by atoms with Gasteiger partial charge in [0.2, 0.25) is 0 Å². The summed E-state index contributed by atoms with van der Waals surface area (Å²) < 4.78 is 33.9. The number of aromatic nitrogens is 1. The van der Waals surface area contributed by atoms with Gasteiger partial charge in [-0.25, -0.2) is 8.78 Å². The molecule has 1 aromatic heterocycles. The zero-order valence-corrected chi connectivity index (χ0v) is 15.2. The van der Waals surface area contributed by atoms with Crippen LogP contribution < -0.4 is 5.43 Å². The van der Waals surface area contributed by atoms with Crippen molar-refractivity contribution in [3.8, 4) is 0 Å². The SMILES string of the molecule is C[C@H]1CO[C@@H]2Cn3cc(C(=O)CCc4ccc(F)cc4F)c(=O)cc3C(=O)N12. The maximum Gasteiger partial charge on any atom is 0.273 e. The molecule has 8 heteroatoms. The highest BCUT2D eigenvalue weighted by atomic mass is 19.1. The molecule has 0 bridgehead atoms. The van der Waals surface area contributed by atoms with E-state index in [4.69, 9.17) is 4.74 Å². The maximum absolute atomic E-state index is 13.7. The van der Waals surface area contributed by atoms with Crippen LogP contribution in [-0.2, 0) is 17.7 Å². The third-order valence-electron chi connectivity index (χ3n) is 5.19. The highest BCUT2D eigenvalue weighted by molar-refractivity contribution is 5.98. The Labute approximate surface area is 159 Å². The summed E-state index contributed by atoms with van der Waals surface area (Å²) in [5.74, 6) is -2.18. The molecule has 0 saturated carbocycles. The average molecular weight is 388 g/mol. The van der Waals surface area contributed by atoms with E-state index in [0.717, 1.165) is 12.1 Å². The van der Waals surface area contributed by atoms with Crippen molar-refractivity contribution in [2.24, 2.45) is 0 Å². The molecule has 1 amide bonds. The second-order valence-electron chi connectivity index (χ2n) is 7.10. The number of ether oxygens (including phenoxy) is 1. The number of pyridine rings is 1. The fraction of sp³-hybridized carbons (Fsp3) is 0.350. The number of carbonyl (C=O) groups excluding carboxylic acids is 2. The monoisotopic (exact) mass is 388 g/mol. The number of fused-ring (bicyclic) bond motifs is 2. The van der Waals surface area contributed by atoms with Gasteiger partial charge in [0, 0.05) is 24.8 Å². The lowest BCUT2D eigenvalue weighted by Crippen LogP contribution is -2.48. The van der Waals surface area contributed by atoms with Crippen molar-refractivity contribution in [2.75, 3.05) is 6.61 Å². The first-order chi connectivity index (χ1) is 13.3. The van der Waals surface area contributed by atoms with Crippen molar-refractivity contribution in [2.45, 2.75) is 38.6 Å². The molecule has 146 valence electrons. The van der Waals surface area contributed by atoms with E-state index in [-0.39, 0.29) is 41.6 Å². The Balaban J connectivity index is 1.57. The summed E-state index contributed by atoms with van der Waals surface area (Å²) in [5, 5.41) is 0. The highest BCUT2D eigenvalue weighted by Crippen LogP contribution is 2.26. The van der Waals surface area contributed by atoms with E-state index in [1.807, 2.05) is 6.92 Å². The predicted molar refractivity (Wildman–Crippen MR) is 95.1 cm³/mol. The molecule has 0 spiro atoms. The summed E-state index contributed by atoms with van der Waals surface area (Å²) in [6.45, 7) is 2.63. The largest absolute Gasteiger partial charge is 0.354 e. The first-order valence-electron chi connectivity index (χ1n) is 9.01. The fourth-order valence-electron chi connectivity index (χ4n) is 3.69. The number of rotatable bonds is 4. The van der Waals surface area contributed by atoms with Gasteiger partial charge in [0.1, 0.15) is 17.3 Å². The van der Waals surface area contributed by atoms with Crippen LogP contribution in [0.3, 0.4) is 0 Å². The van der Waals surface area contributed by atoms with Gasteiger partial charge in [0.15, 0.2) is 17.4 Å².